The average Bonchev–Trinajstić information content (AvgIpc) is 1.61. The fourth-order valence-corrected chi connectivity index (χ4v) is 0.214. The van der Waals surface area contributed by atoms with Gasteiger partial charge in [-0.15, -0.1) is 0 Å². The summed E-state index contributed by atoms with van der Waals surface area (Å²) in [5.41, 5.74) is 0. The van der Waals surface area contributed by atoms with E-state index in [1.54, 1.807) is 0 Å². The van der Waals surface area contributed by atoms with Gasteiger partial charge in [-0.3, -0.25) is 9.59 Å². The number of carbonyl (C=O) groups is 2. The Kier molecular flexibility index (Phi) is 30.3. The zero-order chi connectivity index (χ0) is 6.57. The van der Waals surface area contributed by atoms with Gasteiger partial charge < -0.3 is 10.2 Å². The van der Waals surface area contributed by atoms with E-state index in [0.717, 1.165) is 0 Å². The van der Waals surface area contributed by atoms with Crippen molar-refractivity contribution in [2.75, 3.05) is 0 Å². The van der Waals surface area contributed by atoms with Crippen LogP contribution >= 0.6 is 0 Å². The van der Waals surface area contributed by atoms with Gasteiger partial charge in [0.25, 0.3) is 0 Å². The van der Waals surface area contributed by atoms with Gasteiger partial charge in [0, 0.05) is 88.7 Å². The van der Waals surface area contributed by atoms with Crippen LogP contribution in [0.1, 0.15) is 12.8 Å². The molecular weight excluding hydrogens is 181 g/mol. The Hall–Kier alpha value is 1.94. The number of hydrogen-bond donors (Lipinski definition) is 2. The number of carboxylic acid groups (broad SMARTS) is 2. The van der Waals surface area contributed by atoms with Crippen LogP contribution < -0.4 is 0 Å². The Morgan fingerprint density at radius 3 is 1.09 bits per heavy atom. The van der Waals surface area contributed by atoms with Crippen molar-refractivity contribution in [2.24, 2.45) is 0 Å². The maximum atomic E-state index is 9.64. The largest absolute Gasteiger partial charge is 0.481 e. The molecule has 0 atom stereocenters. The molecule has 0 aromatic rings. The first-order chi connectivity index (χ1) is 3.63. The van der Waals surface area contributed by atoms with Gasteiger partial charge in [0.05, 0.1) is 12.8 Å². The summed E-state index contributed by atoms with van der Waals surface area (Å²) in [6.45, 7) is 0. The van der Waals surface area contributed by atoms with Crippen LogP contribution in [0.5, 0.6) is 0 Å². The number of rotatable bonds is 3. The molecule has 3 radical (unpaired) electrons. The predicted molar refractivity (Wildman–Crippen MR) is 41.8 cm³/mol. The zero-order valence-electron chi connectivity index (χ0n) is 7.13. The van der Waals surface area contributed by atoms with E-state index in [2.05, 4.69) is 0 Å². The molecule has 0 spiro atoms. The van der Waals surface area contributed by atoms with Crippen molar-refractivity contribution in [2.45, 2.75) is 12.8 Å². The van der Waals surface area contributed by atoms with Gasteiger partial charge in [-0.05, 0) is 0 Å². The zero-order valence-corrected chi connectivity index (χ0v) is 13.1. The van der Waals surface area contributed by atoms with Crippen molar-refractivity contribution >= 4 is 101 Å². The third-order valence-corrected chi connectivity index (χ3v) is 0.553. The van der Waals surface area contributed by atoms with E-state index < -0.39 is 11.9 Å². The minimum absolute atomic E-state index is 0. The molecule has 0 unspecified atom stereocenters. The first kappa shape index (κ1) is 23.1. The molecule has 0 fully saturated rings. The third kappa shape index (κ3) is 24.5. The van der Waals surface area contributed by atoms with Crippen LogP contribution in [0.4, 0.5) is 0 Å². The molecule has 4 nitrogen and oxygen atoms in total. The summed E-state index contributed by atoms with van der Waals surface area (Å²) in [6.07, 6.45) is -0.593. The van der Waals surface area contributed by atoms with E-state index >= 15 is 0 Å². The molecule has 11 heavy (non-hydrogen) atoms. The predicted octanol–water partition coefficient (Wildman–Crippen LogP) is -1.21. The summed E-state index contributed by atoms with van der Waals surface area (Å²) in [6, 6.07) is 0. The summed E-state index contributed by atoms with van der Waals surface area (Å²) in [4.78, 5) is 19.3. The molecule has 2 N–H and O–H groups in total. The van der Waals surface area contributed by atoms with Gasteiger partial charge in [-0.25, -0.2) is 0 Å². The van der Waals surface area contributed by atoms with E-state index in [9.17, 15) is 9.59 Å². The van der Waals surface area contributed by atoms with Crippen LogP contribution in [-0.4, -0.2) is 111 Å². The van der Waals surface area contributed by atoms with Crippen LogP contribution in [0, 0.1) is 0 Å². The second-order valence-corrected chi connectivity index (χ2v) is 1.29. The monoisotopic (exact) mass is 187 g/mol. The van der Waals surface area contributed by atoms with Crippen molar-refractivity contribution in [3.8, 4) is 0 Å². The Morgan fingerprint density at radius 2 is 1.00 bits per heavy atom. The van der Waals surface area contributed by atoms with Crippen molar-refractivity contribution in [1.82, 2.24) is 0 Å². The van der Waals surface area contributed by atoms with Gasteiger partial charge in [-0.2, -0.15) is 0 Å². The molecule has 0 aliphatic heterocycles. The third-order valence-electron chi connectivity index (χ3n) is 0.553. The number of aliphatic carboxylic acids is 2. The van der Waals surface area contributed by atoms with Gasteiger partial charge in [0.15, 0.2) is 0 Å². The van der Waals surface area contributed by atoms with Crippen LogP contribution in [0.2, 0.25) is 0 Å². The maximum absolute atomic E-state index is 9.64. The van der Waals surface area contributed by atoms with E-state index in [-0.39, 0.29) is 102 Å². The molecule has 0 aromatic carbocycles. The molecular formula is C4H6Na3O4. The van der Waals surface area contributed by atoms with Crippen molar-refractivity contribution in [3.63, 3.8) is 0 Å². The maximum Gasteiger partial charge on any atom is 0.303 e. The normalized spacial score (nSPS) is 6.18. The van der Waals surface area contributed by atoms with Crippen molar-refractivity contribution in [1.29, 1.82) is 0 Å². The molecule has 0 aromatic heterocycles. The average molecular weight is 187 g/mol. The minimum atomic E-state index is -1.08. The van der Waals surface area contributed by atoms with Gasteiger partial charge in [0.1, 0.15) is 0 Å². The fraction of sp³-hybridized carbons (Fsp3) is 0.500. The molecule has 0 aliphatic carbocycles. The van der Waals surface area contributed by atoms with Crippen molar-refractivity contribution in [3.05, 3.63) is 0 Å². The molecule has 0 saturated carbocycles. The summed E-state index contributed by atoms with van der Waals surface area (Å²) in [5, 5.41) is 15.8. The van der Waals surface area contributed by atoms with Crippen LogP contribution in [-0.2, 0) is 9.59 Å². The minimum Gasteiger partial charge on any atom is -0.481 e. The first-order valence-electron chi connectivity index (χ1n) is 2.06. The van der Waals surface area contributed by atoms with Gasteiger partial charge >= 0.3 is 11.9 Å². The molecule has 0 heterocycles. The number of carboxylic acids is 2. The van der Waals surface area contributed by atoms with E-state index in [1.165, 1.54) is 0 Å². The fourth-order valence-electron chi connectivity index (χ4n) is 0.214. The molecule has 0 aliphatic rings. The van der Waals surface area contributed by atoms with Crippen LogP contribution in [0.25, 0.3) is 0 Å². The van der Waals surface area contributed by atoms with E-state index in [0.29, 0.717) is 0 Å². The van der Waals surface area contributed by atoms with E-state index in [4.69, 9.17) is 10.2 Å². The van der Waals surface area contributed by atoms with Gasteiger partial charge in [0.2, 0.25) is 0 Å². The Balaban J connectivity index is -0.0000000817. The summed E-state index contributed by atoms with van der Waals surface area (Å²) < 4.78 is 0. The molecule has 0 bridgehead atoms. The second-order valence-electron chi connectivity index (χ2n) is 1.29. The molecule has 0 rings (SSSR count). The second kappa shape index (κ2) is 14.5. The standard InChI is InChI=1S/C4H6O4.3Na/c5-3(6)1-2-4(7)8;;;/h1-2H2,(H,5,6)(H,7,8);;;. The summed E-state index contributed by atoms with van der Waals surface area (Å²) >= 11 is 0. The topological polar surface area (TPSA) is 74.6 Å². The summed E-state index contributed by atoms with van der Waals surface area (Å²) in [5.74, 6) is -2.15. The SMILES string of the molecule is O=C(O)CCC(=O)O.[Na].[Na].[Na]. The quantitative estimate of drug-likeness (QED) is 0.544. The molecule has 7 heteroatoms. The van der Waals surface area contributed by atoms with Crippen LogP contribution in [0.15, 0.2) is 0 Å². The molecule has 0 saturated heterocycles. The number of hydrogen-bond acceptors (Lipinski definition) is 2. The summed E-state index contributed by atoms with van der Waals surface area (Å²) in [7, 11) is 0. The molecule has 49 valence electrons. The molecule has 0 amide bonds. The van der Waals surface area contributed by atoms with Crippen LogP contribution in [0.3, 0.4) is 0 Å². The smallest absolute Gasteiger partial charge is 0.303 e. The first-order valence-corrected chi connectivity index (χ1v) is 2.06. The van der Waals surface area contributed by atoms with Crippen molar-refractivity contribution < 1.29 is 19.8 Å². The van der Waals surface area contributed by atoms with Gasteiger partial charge in [-0.1, -0.05) is 0 Å². The Labute approximate surface area is 131 Å². The van der Waals surface area contributed by atoms with E-state index in [1.807, 2.05) is 0 Å². The Morgan fingerprint density at radius 1 is 0.818 bits per heavy atom. The Bertz CT molecular complexity index is 102.